The molecule has 0 atom stereocenters. The Hall–Kier alpha value is -1.81. The fraction of sp³-hybridized carbons (Fsp3) is 0.280. The van der Waals surface area contributed by atoms with Gasteiger partial charge in [0.1, 0.15) is 0 Å². The molecule has 2 heteroatoms. The first-order valence-corrected chi connectivity index (χ1v) is 10.6. The minimum atomic E-state index is -0.0348. The van der Waals surface area contributed by atoms with Crippen molar-refractivity contribution in [1.82, 2.24) is 0 Å². The maximum Gasteiger partial charge on any atom is 0.0502 e. The summed E-state index contributed by atoms with van der Waals surface area (Å²) in [7, 11) is 0. The number of anilines is 3. The van der Waals surface area contributed by atoms with Crippen molar-refractivity contribution >= 4 is 39.7 Å². The summed E-state index contributed by atoms with van der Waals surface area (Å²) in [6.45, 7) is 11.6. The van der Waals surface area contributed by atoms with Crippen molar-refractivity contribution in [2.75, 3.05) is 4.90 Å². The Balaban J connectivity index is 2.01. The van der Waals surface area contributed by atoms with Gasteiger partial charge in [0.2, 0.25) is 0 Å². The summed E-state index contributed by atoms with van der Waals surface area (Å²) in [5.41, 5.74) is 8.03. The maximum atomic E-state index is 2.42. The number of para-hydroxylation sites is 1. The topological polar surface area (TPSA) is 3.24 Å². The quantitative estimate of drug-likeness (QED) is 0.332. The van der Waals surface area contributed by atoms with E-state index in [1.807, 2.05) is 0 Å². The van der Waals surface area contributed by atoms with Crippen molar-refractivity contribution in [2.45, 2.75) is 45.4 Å². The zero-order valence-corrected chi connectivity index (χ0v) is 18.8. The molecule has 0 unspecified atom stereocenters. The maximum absolute atomic E-state index is 2.42. The van der Waals surface area contributed by atoms with E-state index in [2.05, 4.69) is 129 Å². The van der Waals surface area contributed by atoms with Crippen LogP contribution in [0.4, 0.5) is 17.1 Å². The molecule has 3 aromatic carbocycles. The molecule has 0 spiro atoms. The van der Waals surface area contributed by atoms with E-state index in [4.69, 9.17) is 0 Å². The molecule has 27 heavy (non-hydrogen) atoms. The summed E-state index contributed by atoms with van der Waals surface area (Å²) in [4.78, 5) is 2.42. The van der Waals surface area contributed by atoms with E-state index in [-0.39, 0.29) is 10.8 Å². The second-order valence-electron chi connectivity index (χ2n) is 8.94. The number of hydrogen-bond donors (Lipinski definition) is 0. The van der Waals surface area contributed by atoms with Crippen LogP contribution in [0.15, 0.2) is 66.7 Å². The van der Waals surface area contributed by atoms with Crippen LogP contribution >= 0.6 is 22.6 Å². The number of halogens is 1. The van der Waals surface area contributed by atoms with Crippen molar-refractivity contribution in [1.29, 1.82) is 0 Å². The van der Waals surface area contributed by atoms with Crippen molar-refractivity contribution in [2.24, 2.45) is 0 Å². The average molecular weight is 467 g/mol. The Morgan fingerprint density at radius 3 is 2.07 bits per heavy atom. The highest BCUT2D eigenvalue weighted by Crippen LogP contribution is 2.52. The van der Waals surface area contributed by atoms with E-state index in [0.29, 0.717) is 0 Å². The van der Waals surface area contributed by atoms with Gasteiger partial charge in [0.05, 0.1) is 11.4 Å². The third-order valence-electron chi connectivity index (χ3n) is 5.68. The zero-order valence-electron chi connectivity index (χ0n) is 16.7. The molecule has 0 bridgehead atoms. The number of fused-ring (bicyclic) bond motifs is 2. The summed E-state index contributed by atoms with van der Waals surface area (Å²) in [6, 6.07) is 24.7. The zero-order chi connectivity index (χ0) is 19.4. The Kier molecular flexibility index (Phi) is 4.38. The first-order chi connectivity index (χ1) is 12.7. The molecule has 0 saturated carbocycles. The lowest BCUT2D eigenvalue weighted by Crippen LogP contribution is -2.31. The smallest absolute Gasteiger partial charge is 0.0502 e. The van der Waals surface area contributed by atoms with Gasteiger partial charge in [0.15, 0.2) is 0 Å². The van der Waals surface area contributed by atoms with Crippen molar-refractivity contribution in [3.8, 4) is 0 Å². The van der Waals surface area contributed by atoms with Crippen molar-refractivity contribution in [3.63, 3.8) is 0 Å². The van der Waals surface area contributed by atoms with Gasteiger partial charge in [-0.1, -0.05) is 65.0 Å². The minimum absolute atomic E-state index is 0.0348. The summed E-state index contributed by atoms with van der Waals surface area (Å²) >= 11 is 2.37. The Morgan fingerprint density at radius 1 is 0.778 bits per heavy atom. The molecule has 1 nitrogen and oxygen atoms in total. The van der Waals surface area contributed by atoms with Crippen LogP contribution in [-0.2, 0) is 10.8 Å². The largest absolute Gasteiger partial charge is 0.310 e. The highest BCUT2D eigenvalue weighted by atomic mass is 127. The van der Waals surface area contributed by atoms with Crippen LogP contribution in [0.25, 0.3) is 0 Å². The van der Waals surface area contributed by atoms with Crippen LogP contribution in [0.5, 0.6) is 0 Å². The van der Waals surface area contributed by atoms with Crippen LogP contribution in [0.1, 0.15) is 51.3 Å². The third kappa shape index (κ3) is 3.08. The predicted molar refractivity (Wildman–Crippen MR) is 125 cm³/mol. The minimum Gasteiger partial charge on any atom is -0.310 e. The monoisotopic (exact) mass is 467 g/mol. The van der Waals surface area contributed by atoms with E-state index in [1.54, 1.807) is 0 Å². The lowest BCUT2D eigenvalue weighted by atomic mass is 9.71. The molecule has 0 fully saturated rings. The normalized spacial score (nSPS) is 15.3. The van der Waals surface area contributed by atoms with Gasteiger partial charge < -0.3 is 4.90 Å². The molecule has 138 valence electrons. The summed E-state index contributed by atoms with van der Waals surface area (Å²) in [5, 5.41) is 0. The second kappa shape index (κ2) is 6.37. The number of rotatable bonds is 1. The van der Waals surface area contributed by atoms with E-state index in [0.717, 1.165) is 0 Å². The van der Waals surface area contributed by atoms with E-state index < -0.39 is 0 Å². The number of benzene rings is 3. The molecular formula is C25H26IN. The van der Waals surface area contributed by atoms with Gasteiger partial charge in [-0.05, 0) is 81.1 Å². The Morgan fingerprint density at radius 2 is 1.41 bits per heavy atom. The molecule has 1 heterocycles. The standard InChI is InChI=1S/C25H26IN/c1-24(2,3)17-10-15-23-21(16-17)25(4,5)20-8-6-7-9-22(20)27(23)19-13-11-18(26)12-14-19/h6-16H,1-5H3. The van der Waals surface area contributed by atoms with Crippen molar-refractivity contribution < 1.29 is 0 Å². The van der Waals surface area contributed by atoms with Gasteiger partial charge in [-0.2, -0.15) is 0 Å². The molecule has 0 aliphatic carbocycles. The third-order valence-corrected chi connectivity index (χ3v) is 6.40. The Labute approximate surface area is 176 Å². The van der Waals surface area contributed by atoms with Gasteiger partial charge >= 0.3 is 0 Å². The highest BCUT2D eigenvalue weighted by Gasteiger charge is 2.37. The van der Waals surface area contributed by atoms with Gasteiger partial charge in [0, 0.05) is 14.7 Å². The summed E-state index contributed by atoms with van der Waals surface area (Å²) < 4.78 is 1.25. The Bertz CT molecular complexity index is 994. The average Bonchev–Trinajstić information content (AvgIpc) is 2.62. The van der Waals surface area contributed by atoms with Crippen LogP contribution in [0, 0.1) is 3.57 Å². The number of hydrogen-bond acceptors (Lipinski definition) is 1. The molecular weight excluding hydrogens is 441 g/mol. The van der Waals surface area contributed by atoms with Crippen LogP contribution in [0.3, 0.4) is 0 Å². The SMILES string of the molecule is CC(C)(C)c1ccc2c(c1)C(C)(C)c1ccccc1N2c1ccc(I)cc1. The molecule has 0 radical (unpaired) electrons. The molecule has 0 N–H and O–H groups in total. The fourth-order valence-corrected chi connectivity index (χ4v) is 4.40. The van der Waals surface area contributed by atoms with Gasteiger partial charge in [-0.3, -0.25) is 0 Å². The number of nitrogens with zero attached hydrogens (tertiary/aromatic N) is 1. The van der Waals surface area contributed by atoms with Crippen LogP contribution < -0.4 is 4.90 Å². The molecule has 1 aliphatic rings. The molecule has 0 amide bonds. The van der Waals surface area contributed by atoms with E-state index in [9.17, 15) is 0 Å². The second-order valence-corrected chi connectivity index (χ2v) is 10.2. The molecule has 0 saturated heterocycles. The predicted octanol–water partition coefficient (Wildman–Crippen LogP) is 7.70. The van der Waals surface area contributed by atoms with Crippen molar-refractivity contribution in [3.05, 3.63) is 87.0 Å². The van der Waals surface area contributed by atoms with Gasteiger partial charge in [0.25, 0.3) is 0 Å². The molecule has 0 aromatic heterocycles. The molecule has 1 aliphatic heterocycles. The fourth-order valence-electron chi connectivity index (χ4n) is 4.04. The lowest BCUT2D eigenvalue weighted by molar-refractivity contribution is 0.580. The summed E-state index contributed by atoms with van der Waals surface area (Å²) in [5.74, 6) is 0. The first-order valence-electron chi connectivity index (χ1n) is 9.50. The van der Waals surface area contributed by atoms with Crippen LogP contribution in [0.2, 0.25) is 0 Å². The van der Waals surface area contributed by atoms with E-state index >= 15 is 0 Å². The van der Waals surface area contributed by atoms with Gasteiger partial charge in [-0.25, -0.2) is 0 Å². The highest BCUT2D eigenvalue weighted by molar-refractivity contribution is 14.1. The first kappa shape index (κ1) is 18.5. The van der Waals surface area contributed by atoms with Crippen LogP contribution in [-0.4, -0.2) is 0 Å². The van der Waals surface area contributed by atoms with Gasteiger partial charge in [-0.15, -0.1) is 0 Å². The van der Waals surface area contributed by atoms with E-state index in [1.165, 1.54) is 37.3 Å². The molecule has 3 aromatic rings. The lowest BCUT2D eigenvalue weighted by Gasteiger charge is -2.42. The summed E-state index contributed by atoms with van der Waals surface area (Å²) in [6.07, 6.45) is 0. The molecule has 4 rings (SSSR count).